The summed E-state index contributed by atoms with van der Waals surface area (Å²) in [6.45, 7) is 2.32. The zero-order chi connectivity index (χ0) is 18.1. The minimum Gasteiger partial charge on any atom is -0.296 e. The van der Waals surface area contributed by atoms with E-state index in [-0.39, 0.29) is 10.7 Å². The highest BCUT2D eigenvalue weighted by Crippen LogP contribution is 2.25. The summed E-state index contributed by atoms with van der Waals surface area (Å²) in [5.41, 5.74) is 1.64. The number of aromatic nitrogens is 2. The number of nitrogens with zero attached hydrogens (tertiary/aromatic N) is 4. The number of hydrogen-bond acceptors (Lipinski definition) is 6. The van der Waals surface area contributed by atoms with Gasteiger partial charge in [0.25, 0.3) is 0 Å². The van der Waals surface area contributed by atoms with E-state index in [1.165, 1.54) is 10.4 Å². The van der Waals surface area contributed by atoms with Gasteiger partial charge in [-0.1, -0.05) is 24.3 Å². The molecule has 3 aromatic rings. The average Bonchev–Trinajstić information content (AvgIpc) is 3.13. The van der Waals surface area contributed by atoms with Crippen molar-refractivity contribution in [3.63, 3.8) is 0 Å². The largest absolute Gasteiger partial charge is 0.296 e. The molecule has 2 aromatic carbocycles. The molecule has 0 saturated carbocycles. The van der Waals surface area contributed by atoms with Gasteiger partial charge in [0.05, 0.1) is 11.7 Å². The van der Waals surface area contributed by atoms with Crippen molar-refractivity contribution >= 4 is 32.8 Å². The first kappa shape index (κ1) is 17.5. The molecule has 0 bridgehead atoms. The zero-order valence-corrected chi connectivity index (χ0v) is 15.5. The van der Waals surface area contributed by atoms with Crippen molar-refractivity contribution in [3.05, 3.63) is 53.8 Å². The Kier molecular flexibility index (Phi) is 4.70. The number of fused-ring (bicyclic) bond motifs is 1. The van der Waals surface area contributed by atoms with E-state index in [1.807, 2.05) is 6.07 Å². The van der Waals surface area contributed by atoms with Crippen molar-refractivity contribution in [2.75, 3.05) is 26.2 Å². The molecule has 136 valence electrons. The average molecular weight is 392 g/mol. The Bertz CT molecular complexity index is 1030. The van der Waals surface area contributed by atoms with Gasteiger partial charge in [0.2, 0.25) is 10.0 Å². The molecule has 6 nitrogen and oxygen atoms in total. The van der Waals surface area contributed by atoms with Crippen LogP contribution in [0.4, 0.5) is 4.39 Å². The topological polar surface area (TPSA) is 66.4 Å². The van der Waals surface area contributed by atoms with Gasteiger partial charge in [-0.3, -0.25) is 4.90 Å². The van der Waals surface area contributed by atoms with Crippen molar-refractivity contribution in [1.82, 2.24) is 18.0 Å². The minimum atomic E-state index is -3.63. The van der Waals surface area contributed by atoms with Gasteiger partial charge in [-0.2, -0.15) is 13.1 Å². The van der Waals surface area contributed by atoms with E-state index >= 15 is 0 Å². The molecule has 26 heavy (non-hydrogen) atoms. The van der Waals surface area contributed by atoms with Crippen LogP contribution in [0.25, 0.3) is 11.0 Å². The van der Waals surface area contributed by atoms with E-state index in [2.05, 4.69) is 13.6 Å². The maximum absolute atomic E-state index is 13.8. The number of hydrogen-bond donors (Lipinski definition) is 0. The van der Waals surface area contributed by atoms with Gasteiger partial charge in [0, 0.05) is 38.3 Å². The molecule has 0 amide bonds. The van der Waals surface area contributed by atoms with E-state index < -0.39 is 10.0 Å². The van der Waals surface area contributed by atoms with E-state index in [9.17, 15) is 12.8 Å². The van der Waals surface area contributed by atoms with Crippen LogP contribution < -0.4 is 0 Å². The lowest BCUT2D eigenvalue weighted by atomic mass is 10.2. The first-order valence-corrected chi connectivity index (χ1v) is 10.4. The second-order valence-corrected chi connectivity index (χ2v) is 8.59. The van der Waals surface area contributed by atoms with Crippen LogP contribution in [0.1, 0.15) is 5.56 Å². The molecule has 9 heteroatoms. The predicted molar refractivity (Wildman–Crippen MR) is 97.9 cm³/mol. The zero-order valence-electron chi connectivity index (χ0n) is 13.9. The van der Waals surface area contributed by atoms with Crippen LogP contribution in [-0.2, 0) is 16.6 Å². The highest BCUT2D eigenvalue weighted by Gasteiger charge is 2.30. The van der Waals surface area contributed by atoms with E-state index in [4.69, 9.17) is 0 Å². The van der Waals surface area contributed by atoms with Crippen molar-refractivity contribution in [2.24, 2.45) is 0 Å². The molecule has 1 aliphatic heterocycles. The number of halogens is 1. The van der Waals surface area contributed by atoms with Crippen LogP contribution >= 0.6 is 11.7 Å². The first-order valence-electron chi connectivity index (χ1n) is 8.23. The molecule has 1 aromatic heterocycles. The maximum Gasteiger partial charge on any atom is 0.245 e. The van der Waals surface area contributed by atoms with Gasteiger partial charge in [-0.05, 0) is 18.2 Å². The Hall–Kier alpha value is -1.94. The third-order valence-corrected chi connectivity index (χ3v) is 7.02. The standard InChI is InChI=1S/C17H17FN4O2S2/c18-14-5-2-1-4-13(14)12-21-8-10-22(11-9-21)26(23,24)16-7-3-6-15-17(16)20-25-19-15/h1-7H,8-12H2. The summed E-state index contributed by atoms with van der Waals surface area (Å²) in [5, 5.41) is 0. The minimum absolute atomic E-state index is 0.200. The Morgan fingerprint density at radius 3 is 2.54 bits per heavy atom. The van der Waals surface area contributed by atoms with Crippen LogP contribution in [0.3, 0.4) is 0 Å². The SMILES string of the molecule is O=S(=O)(c1cccc2nsnc12)N1CCN(Cc2ccccc2F)CC1. The Morgan fingerprint density at radius 2 is 1.77 bits per heavy atom. The Morgan fingerprint density at radius 1 is 1.00 bits per heavy atom. The molecule has 1 saturated heterocycles. The smallest absolute Gasteiger partial charge is 0.245 e. The quantitative estimate of drug-likeness (QED) is 0.682. The molecule has 0 radical (unpaired) electrons. The Balaban J connectivity index is 1.49. The molecule has 0 spiro atoms. The van der Waals surface area contributed by atoms with Crippen molar-refractivity contribution in [1.29, 1.82) is 0 Å². The summed E-state index contributed by atoms with van der Waals surface area (Å²) in [6.07, 6.45) is 0. The summed E-state index contributed by atoms with van der Waals surface area (Å²) in [4.78, 5) is 2.27. The predicted octanol–water partition coefficient (Wildman–Crippen LogP) is 2.34. The van der Waals surface area contributed by atoms with Crippen molar-refractivity contribution in [3.8, 4) is 0 Å². The summed E-state index contributed by atoms with van der Waals surface area (Å²) in [5.74, 6) is -0.231. The number of benzene rings is 2. The van der Waals surface area contributed by atoms with Gasteiger partial charge in [0.15, 0.2) is 0 Å². The third kappa shape index (κ3) is 3.23. The summed E-state index contributed by atoms with van der Waals surface area (Å²) in [7, 11) is -3.63. The highest BCUT2D eigenvalue weighted by molar-refractivity contribution is 7.89. The van der Waals surface area contributed by atoms with E-state index in [0.717, 1.165) is 11.7 Å². The third-order valence-electron chi connectivity index (χ3n) is 4.55. The highest BCUT2D eigenvalue weighted by atomic mass is 32.2. The van der Waals surface area contributed by atoms with Crippen LogP contribution in [0, 0.1) is 5.82 Å². The van der Waals surface area contributed by atoms with E-state index in [1.54, 1.807) is 30.3 Å². The lowest BCUT2D eigenvalue weighted by Crippen LogP contribution is -2.48. The van der Waals surface area contributed by atoms with Gasteiger partial charge in [-0.25, -0.2) is 12.8 Å². The molecular weight excluding hydrogens is 375 g/mol. The van der Waals surface area contributed by atoms with Gasteiger partial charge in [-0.15, -0.1) is 0 Å². The van der Waals surface area contributed by atoms with Crippen molar-refractivity contribution in [2.45, 2.75) is 11.4 Å². The van der Waals surface area contributed by atoms with Gasteiger partial charge in [0.1, 0.15) is 21.7 Å². The lowest BCUT2D eigenvalue weighted by molar-refractivity contribution is 0.180. The maximum atomic E-state index is 13.8. The molecule has 4 rings (SSSR count). The molecule has 1 aliphatic rings. The lowest BCUT2D eigenvalue weighted by Gasteiger charge is -2.34. The fraction of sp³-hybridized carbons (Fsp3) is 0.294. The first-order chi connectivity index (χ1) is 12.6. The molecule has 1 fully saturated rings. The van der Waals surface area contributed by atoms with Crippen molar-refractivity contribution < 1.29 is 12.8 Å². The van der Waals surface area contributed by atoms with E-state index in [0.29, 0.717) is 49.3 Å². The number of sulfonamides is 1. The van der Waals surface area contributed by atoms with Gasteiger partial charge >= 0.3 is 0 Å². The van der Waals surface area contributed by atoms with Crippen LogP contribution in [0.2, 0.25) is 0 Å². The second-order valence-electron chi connectivity index (χ2n) is 6.16. The van der Waals surface area contributed by atoms with Crippen LogP contribution in [0.5, 0.6) is 0 Å². The molecule has 0 N–H and O–H groups in total. The van der Waals surface area contributed by atoms with Crippen LogP contribution in [0.15, 0.2) is 47.4 Å². The molecule has 2 heterocycles. The number of rotatable bonds is 4. The number of piperazine rings is 1. The molecule has 0 unspecified atom stereocenters. The molecular formula is C17H17FN4O2S2. The van der Waals surface area contributed by atoms with Gasteiger partial charge < -0.3 is 0 Å². The van der Waals surface area contributed by atoms with Crippen LogP contribution in [-0.4, -0.2) is 52.5 Å². The summed E-state index contributed by atoms with van der Waals surface area (Å²) in [6, 6.07) is 11.7. The summed E-state index contributed by atoms with van der Waals surface area (Å²) >= 11 is 1.01. The molecule has 0 atom stereocenters. The second kappa shape index (κ2) is 6.99. The summed E-state index contributed by atoms with van der Waals surface area (Å²) < 4.78 is 49.5. The molecule has 0 aliphatic carbocycles. The fourth-order valence-corrected chi connectivity index (χ4v) is 5.30. The fourth-order valence-electron chi connectivity index (χ4n) is 3.12. The Labute approximate surface area is 155 Å². The normalized spacial score (nSPS) is 17.0. The monoisotopic (exact) mass is 392 g/mol.